The first kappa shape index (κ1) is 16.8. The van der Waals surface area contributed by atoms with Crippen molar-refractivity contribution in [2.75, 3.05) is 6.61 Å². The highest BCUT2D eigenvalue weighted by Gasteiger charge is 2.43. The van der Waals surface area contributed by atoms with Crippen molar-refractivity contribution in [3.63, 3.8) is 0 Å². The minimum absolute atomic E-state index is 0.0542. The van der Waals surface area contributed by atoms with Gasteiger partial charge >= 0.3 is 5.97 Å². The van der Waals surface area contributed by atoms with Crippen LogP contribution in [0.3, 0.4) is 0 Å². The summed E-state index contributed by atoms with van der Waals surface area (Å²) in [5, 5.41) is 0. The van der Waals surface area contributed by atoms with Gasteiger partial charge in [0.15, 0.2) is 12.2 Å². The van der Waals surface area contributed by atoms with Gasteiger partial charge in [-0.2, -0.15) is 4.57 Å². The van der Waals surface area contributed by atoms with Crippen molar-refractivity contribution in [1.82, 2.24) is 0 Å². The van der Waals surface area contributed by atoms with Gasteiger partial charge in [-0.1, -0.05) is 48.1 Å². The highest BCUT2D eigenvalue weighted by Crippen LogP contribution is 2.48. The van der Waals surface area contributed by atoms with Gasteiger partial charge in [-0.15, -0.1) is 0 Å². The van der Waals surface area contributed by atoms with E-state index in [9.17, 15) is 4.79 Å². The van der Waals surface area contributed by atoms with Crippen molar-refractivity contribution in [3.8, 4) is 0 Å². The Morgan fingerprint density at radius 1 is 1.24 bits per heavy atom. The predicted octanol–water partition coefficient (Wildman–Crippen LogP) is 3.91. The molecule has 1 heterocycles. The number of carbonyl (C=O) groups excluding carboxylic acids is 1. The molecule has 3 nitrogen and oxygen atoms in total. The van der Waals surface area contributed by atoms with Crippen LogP contribution in [0.2, 0.25) is 0 Å². The number of rotatable bonds is 6. The fourth-order valence-electron chi connectivity index (χ4n) is 4.51. The van der Waals surface area contributed by atoms with Crippen molar-refractivity contribution < 1.29 is 14.1 Å². The molecular weight excluding hydrogens is 330 g/mol. The number of thiazole rings is 1. The molecule has 0 aliphatic heterocycles. The van der Waals surface area contributed by atoms with Crippen molar-refractivity contribution in [1.29, 1.82) is 0 Å². The van der Waals surface area contributed by atoms with E-state index < -0.39 is 0 Å². The van der Waals surface area contributed by atoms with Crippen LogP contribution in [-0.4, -0.2) is 12.6 Å². The third-order valence-electron chi connectivity index (χ3n) is 5.97. The molecule has 4 rings (SSSR count). The first-order valence-electron chi connectivity index (χ1n) is 9.37. The smallest absolute Gasteiger partial charge is 0.309 e. The molecule has 4 heteroatoms. The fraction of sp³-hybridized carbons (Fsp3) is 0.524. The maximum absolute atomic E-state index is 12.3. The van der Waals surface area contributed by atoms with E-state index in [1.54, 1.807) is 11.3 Å². The van der Waals surface area contributed by atoms with Gasteiger partial charge in [0.25, 0.3) is 0 Å². The highest BCUT2D eigenvalue weighted by atomic mass is 32.1. The Morgan fingerprint density at radius 2 is 2.08 bits per heavy atom. The zero-order valence-corrected chi connectivity index (χ0v) is 15.6. The van der Waals surface area contributed by atoms with Crippen LogP contribution < -0.4 is 4.57 Å². The second kappa shape index (κ2) is 7.28. The van der Waals surface area contributed by atoms with E-state index in [1.165, 1.54) is 35.4 Å². The molecule has 1 aromatic carbocycles. The molecule has 0 amide bonds. The molecule has 0 spiro atoms. The van der Waals surface area contributed by atoms with Crippen LogP contribution in [0.25, 0.3) is 0 Å². The standard InChI is InChI=1S/C21H26NO2S/c1-15-20(25-14-22(15)13-16-5-3-2-4-6-16)9-10-24-21(23)19-12-17-7-8-18(19)11-17/h2-6,14,17-19H,7-13H2,1H3/q+1/t17-,18+,19-/m0/s1. The topological polar surface area (TPSA) is 30.2 Å². The van der Waals surface area contributed by atoms with Crippen LogP contribution >= 0.6 is 11.3 Å². The Hall–Kier alpha value is -1.68. The van der Waals surface area contributed by atoms with Gasteiger partial charge in [0.2, 0.25) is 5.51 Å². The number of ether oxygens (including phenoxy) is 1. The van der Waals surface area contributed by atoms with Crippen LogP contribution in [0.5, 0.6) is 0 Å². The molecule has 2 fully saturated rings. The third kappa shape index (κ3) is 3.64. The van der Waals surface area contributed by atoms with Crippen molar-refractivity contribution in [3.05, 3.63) is 52.0 Å². The van der Waals surface area contributed by atoms with Crippen LogP contribution in [-0.2, 0) is 22.5 Å². The Morgan fingerprint density at radius 3 is 2.80 bits per heavy atom. The number of hydrogen-bond acceptors (Lipinski definition) is 3. The molecule has 2 bridgehead atoms. The summed E-state index contributed by atoms with van der Waals surface area (Å²) in [4.78, 5) is 13.6. The lowest BCUT2D eigenvalue weighted by molar-refractivity contribution is -0.689. The predicted molar refractivity (Wildman–Crippen MR) is 98.4 cm³/mol. The minimum atomic E-state index is 0.0542. The summed E-state index contributed by atoms with van der Waals surface area (Å²) in [6.07, 6.45) is 5.70. The van der Waals surface area contributed by atoms with E-state index in [1.807, 2.05) is 6.07 Å². The number of esters is 1. The summed E-state index contributed by atoms with van der Waals surface area (Å²) < 4.78 is 7.91. The third-order valence-corrected chi connectivity index (χ3v) is 7.11. The maximum Gasteiger partial charge on any atom is 0.309 e. The summed E-state index contributed by atoms with van der Waals surface area (Å²) in [6.45, 7) is 3.57. The number of benzene rings is 1. The Balaban J connectivity index is 1.29. The second-order valence-electron chi connectivity index (χ2n) is 7.54. The molecule has 2 aromatic rings. The van der Waals surface area contributed by atoms with E-state index in [0.29, 0.717) is 12.5 Å². The Labute approximate surface area is 153 Å². The van der Waals surface area contributed by atoms with Gasteiger partial charge in [-0.05, 0) is 31.1 Å². The molecule has 2 saturated carbocycles. The average molecular weight is 357 g/mol. The van der Waals surface area contributed by atoms with Crippen molar-refractivity contribution >= 4 is 17.3 Å². The summed E-state index contributed by atoms with van der Waals surface area (Å²) in [7, 11) is 0. The second-order valence-corrected chi connectivity index (χ2v) is 8.48. The zero-order chi connectivity index (χ0) is 17.2. The lowest BCUT2D eigenvalue weighted by atomic mass is 9.89. The average Bonchev–Trinajstić information content (AvgIpc) is 3.34. The SMILES string of the molecule is Cc1c(CCOC(=O)[C@H]2C[C@H]3CC[C@@H]2C3)sc[n+]1Cc1ccccc1. The van der Waals surface area contributed by atoms with E-state index in [2.05, 4.69) is 41.3 Å². The van der Waals surface area contributed by atoms with Crippen LogP contribution in [0.15, 0.2) is 35.8 Å². The Bertz CT molecular complexity index is 740. The Kier molecular flexibility index (Phi) is 4.89. The summed E-state index contributed by atoms with van der Waals surface area (Å²) >= 11 is 1.76. The molecule has 25 heavy (non-hydrogen) atoms. The van der Waals surface area contributed by atoms with E-state index in [0.717, 1.165) is 25.3 Å². The molecule has 0 N–H and O–H groups in total. The van der Waals surface area contributed by atoms with Crippen molar-refractivity contribution in [2.24, 2.45) is 17.8 Å². The molecule has 3 atom stereocenters. The van der Waals surface area contributed by atoms with E-state index >= 15 is 0 Å². The normalized spacial score (nSPS) is 24.6. The summed E-state index contributed by atoms with van der Waals surface area (Å²) in [6, 6.07) is 10.5. The monoisotopic (exact) mass is 356 g/mol. The summed E-state index contributed by atoms with van der Waals surface area (Å²) in [5.41, 5.74) is 4.77. The number of aromatic nitrogens is 1. The van der Waals surface area contributed by atoms with Crippen LogP contribution in [0.1, 0.15) is 41.8 Å². The number of carbonyl (C=O) groups is 1. The number of fused-ring (bicyclic) bond motifs is 2. The van der Waals surface area contributed by atoms with Gasteiger partial charge in [-0.25, -0.2) is 0 Å². The first-order chi connectivity index (χ1) is 12.2. The number of hydrogen-bond donors (Lipinski definition) is 0. The number of nitrogens with zero attached hydrogens (tertiary/aromatic N) is 1. The van der Waals surface area contributed by atoms with Crippen molar-refractivity contribution in [2.45, 2.75) is 45.6 Å². The van der Waals surface area contributed by atoms with Gasteiger partial charge in [0.1, 0.15) is 0 Å². The molecule has 1 aromatic heterocycles. The molecule has 2 aliphatic rings. The van der Waals surface area contributed by atoms with Gasteiger partial charge in [-0.3, -0.25) is 4.79 Å². The fourth-order valence-corrected chi connectivity index (χ4v) is 5.49. The molecule has 0 unspecified atom stereocenters. The summed E-state index contributed by atoms with van der Waals surface area (Å²) in [5.74, 6) is 1.64. The lowest BCUT2D eigenvalue weighted by Crippen LogP contribution is -2.35. The van der Waals surface area contributed by atoms with Crippen LogP contribution in [0.4, 0.5) is 0 Å². The maximum atomic E-state index is 12.3. The zero-order valence-electron chi connectivity index (χ0n) is 14.8. The lowest BCUT2D eigenvalue weighted by Gasteiger charge is -2.19. The van der Waals surface area contributed by atoms with Gasteiger partial charge in [0.05, 0.1) is 17.4 Å². The van der Waals surface area contributed by atoms with Crippen LogP contribution in [0, 0.1) is 24.7 Å². The first-order valence-corrected chi connectivity index (χ1v) is 10.3. The van der Waals surface area contributed by atoms with Gasteiger partial charge < -0.3 is 4.74 Å². The van der Waals surface area contributed by atoms with E-state index in [4.69, 9.17) is 4.74 Å². The van der Waals surface area contributed by atoms with Gasteiger partial charge in [0, 0.05) is 18.9 Å². The molecular formula is C21H26NO2S+. The minimum Gasteiger partial charge on any atom is -0.465 e. The largest absolute Gasteiger partial charge is 0.465 e. The highest BCUT2D eigenvalue weighted by molar-refractivity contribution is 7.09. The van der Waals surface area contributed by atoms with E-state index in [-0.39, 0.29) is 11.9 Å². The molecule has 132 valence electrons. The molecule has 2 aliphatic carbocycles. The molecule has 0 saturated heterocycles. The molecule has 0 radical (unpaired) electrons. The quantitative estimate of drug-likeness (QED) is 0.580.